The molecule has 0 unspecified atom stereocenters. The minimum absolute atomic E-state index is 0.0625. The summed E-state index contributed by atoms with van der Waals surface area (Å²) in [4.78, 5) is 32.8. The van der Waals surface area contributed by atoms with Crippen LogP contribution in [0.15, 0.2) is 24.3 Å². The lowest BCUT2D eigenvalue weighted by Gasteiger charge is -2.02. The van der Waals surface area contributed by atoms with Crippen LogP contribution in [-0.4, -0.2) is 30.6 Å². The summed E-state index contributed by atoms with van der Waals surface area (Å²) in [6.45, 7) is 1.87. The van der Waals surface area contributed by atoms with Crippen molar-refractivity contribution in [2.24, 2.45) is 0 Å². The molecule has 106 valence electrons. The van der Waals surface area contributed by atoms with Crippen LogP contribution < -0.4 is 0 Å². The van der Waals surface area contributed by atoms with E-state index < -0.39 is 16.9 Å². The second-order valence-electron chi connectivity index (χ2n) is 3.61. The summed E-state index contributed by atoms with van der Waals surface area (Å²) in [6, 6.07) is 3.83. The number of ether oxygens (including phenoxy) is 2. The van der Waals surface area contributed by atoms with Crippen molar-refractivity contribution in [3.05, 3.63) is 45.5 Å². The largest absolute Gasteiger partial charge is 0.465 e. The standard InChI is InChI=1S/C13H13NO6/c1-3-20-12(15)7-6-9-4-5-10(13(16)19-2)8-11(9)14(17)18/h4-8H,3H2,1-2H3. The molecule has 0 heterocycles. The number of nitro benzene ring substituents is 1. The van der Waals surface area contributed by atoms with E-state index in [0.717, 1.165) is 12.1 Å². The Bertz CT molecular complexity index is 564. The number of nitrogens with zero attached hydrogens (tertiary/aromatic N) is 1. The number of hydrogen-bond acceptors (Lipinski definition) is 6. The highest BCUT2D eigenvalue weighted by Crippen LogP contribution is 2.22. The first-order valence-corrected chi connectivity index (χ1v) is 5.71. The average molecular weight is 279 g/mol. The lowest BCUT2D eigenvalue weighted by Crippen LogP contribution is -2.03. The summed E-state index contributed by atoms with van der Waals surface area (Å²) < 4.78 is 9.16. The highest BCUT2D eigenvalue weighted by Gasteiger charge is 2.16. The number of hydrogen-bond donors (Lipinski definition) is 0. The predicted octanol–water partition coefficient (Wildman–Crippen LogP) is 1.96. The molecule has 0 bridgehead atoms. The molecule has 7 heteroatoms. The van der Waals surface area contributed by atoms with Gasteiger partial charge in [-0.2, -0.15) is 0 Å². The molecule has 1 aromatic rings. The van der Waals surface area contributed by atoms with Crippen molar-refractivity contribution in [3.63, 3.8) is 0 Å². The molecule has 0 fully saturated rings. The second kappa shape index (κ2) is 7.03. The molecule has 0 spiro atoms. The van der Waals surface area contributed by atoms with Crippen LogP contribution in [-0.2, 0) is 14.3 Å². The third-order valence-electron chi connectivity index (χ3n) is 2.33. The predicted molar refractivity (Wildman–Crippen MR) is 70.1 cm³/mol. The van der Waals surface area contributed by atoms with Gasteiger partial charge in [-0.25, -0.2) is 9.59 Å². The minimum Gasteiger partial charge on any atom is -0.465 e. The van der Waals surface area contributed by atoms with E-state index in [0.29, 0.717) is 0 Å². The van der Waals surface area contributed by atoms with E-state index in [1.54, 1.807) is 6.92 Å². The molecular weight excluding hydrogens is 266 g/mol. The van der Waals surface area contributed by atoms with Crippen molar-refractivity contribution in [1.29, 1.82) is 0 Å². The number of carbonyl (C=O) groups is 2. The third kappa shape index (κ3) is 3.91. The molecule has 0 radical (unpaired) electrons. The smallest absolute Gasteiger partial charge is 0.338 e. The van der Waals surface area contributed by atoms with Crippen LogP contribution in [0.1, 0.15) is 22.8 Å². The van der Waals surface area contributed by atoms with Gasteiger partial charge in [0, 0.05) is 12.1 Å². The van der Waals surface area contributed by atoms with Crippen molar-refractivity contribution in [3.8, 4) is 0 Å². The molecule has 0 saturated carbocycles. The van der Waals surface area contributed by atoms with Gasteiger partial charge >= 0.3 is 11.9 Å². The summed E-state index contributed by atoms with van der Waals surface area (Å²) in [5.41, 5.74) is -0.0448. The van der Waals surface area contributed by atoms with Gasteiger partial charge < -0.3 is 9.47 Å². The first kappa shape index (κ1) is 15.4. The molecule has 0 aliphatic heterocycles. The summed E-state index contributed by atoms with van der Waals surface area (Å²) in [6.07, 6.45) is 2.35. The number of carbonyl (C=O) groups excluding carboxylic acids is 2. The summed E-state index contributed by atoms with van der Waals surface area (Å²) in [5.74, 6) is -1.27. The molecule has 0 saturated heterocycles. The molecule has 0 N–H and O–H groups in total. The van der Waals surface area contributed by atoms with Crippen molar-refractivity contribution < 1.29 is 24.0 Å². The maximum atomic E-state index is 11.3. The number of esters is 2. The zero-order valence-electron chi connectivity index (χ0n) is 11.0. The van der Waals surface area contributed by atoms with E-state index >= 15 is 0 Å². The monoisotopic (exact) mass is 279 g/mol. The van der Waals surface area contributed by atoms with Gasteiger partial charge in [-0.15, -0.1) is 0 Å². The van der Waals surface area contributed by atoms with Gasteiger partial charge in [0.05, 0.1) is 29.8 Å². The normalized spacial score (nSPS) is 10.3. The first-order chi connectivity index (χ1) is 9.49. The summed E-state index contributed by atoms with van der Waals surface area (Å²) >= 11 is 0. The Hall–Kier alpha value is -2.70. The summed E-state index contributed by atoms with van der Waals surface area (Å²) in [7, 11) is 1.18. The van der Waals surface area contributed by atoms with Gasteiger partial charge in [0.25, 0.3) is 5.69 Å². The van der Waals surface area contributed by atoms with Gasteiger partial charge in [-0.3, -0.25) is 10.1 Å². The van der Waals surface area contributed by atoms with E-state index in [1.165, 1.54) is 25.3 Å². The summed E-state index contributed by atoms with van der Waals surface area (Å²) in [5, 5.41) is 11.0. The molecule has 0 atom stereocenters. The van der Waals surface area contributed by atoms with Gasteiger partial charge in [-0.1, -0.05) is 0 Å². The highest BCUT2D eigenvalue weighted by molar-refractivity contribution is 5.92. The van der Waals surface area contributed by atoms with Crippen LogP contribution in [0.2, 0.25) is 0 Å². The minimum atomic E-state index is -0.672. The zero-order chi connectivity index (χ0) is 15.1. The fourth-order valence-corrected chi connectivity index (χ4v) is 1.44. The number of benzene rings is 1. The zero-order valence-corrected chi connectivity index (χ0v) is 11.0. The third-order valence-corrected chi connectivity index (χ3v) is 2.33. The number of methoxy groups -OCH3 is 1. The molecular formula is C13H13NO6. The Morgan fingerprint density at radius 1 is 1.40 bits per heavy atom. The van der Waals surface area contributed by atoms with Gasteiger partial charge in [-0.05, 0) is 25.1 Å². The molecule has 0 aliphatic rings. The van der Waals surface area contributed by atoms with Crippen LogP contribution in [0.5, 0.6) is 0 Å². The van der Waals surface area contributed by atoms with Gasteiger partial charge in [0.15, 0.2) is 0 Å². The van der Waals surface area contributed by atoms with Crippen LogP contribution in [0.3, 0.4) is 0 Å². The fourth-order valence-electron chi connectivity index (χ4n) is 1.44. The van der Waals surface area contributed by atoms with Crippen molar-refractivity contribution in [1.82, 2.24) is 0 Å². The quantitative estimate of drug-likeness (QED) is 0.354. The fraction of sp³-hybridized carbons (Fsp3) is 0.231. The Labute approximate surface area is 114 Å². The molecule has 0 aromatic heterocycles. The van der Waals surface area contributed by atoms with Crippen LogP contribution in [0.4, 0.5) is 5.69 Å². The van der Waals surface area contributed by atoms with Crippen LogP contribution in [0.25, 0.3) is 6.08 Å². The van der Waals surface area contributed by atoms with Crippen molar-refractivity contribution >= 4 is 23.7 Å². The van der Waals surface area contributed by atoms with Gasteiger partial charge in [0.2, 0.25) is 0 Å². The average Bonchev–Trinajstić information content (AvgIpc) is 2.44. The Kier molecular flexibility index (Phi) is 5.40. The van der Waals surface area contributed by atoms with Crippen molar-refractivity contribution in [2.75, 3.05) is 13.7 Å². The maximum absolute atomic E-state index is 11.3. The molecule has 1 aromatic carbocycles. The molecule has 0 aliphatic carbocycles. The molecule has 1 rings (SSSR count). The van der Waals surface area contributed by atoms with Crippen LogP contribution >= 0.6 is 0 Å². The van der Waals surface area contributed by atoms with Crippen LogP contribution in [0, 0.1) is 10.1 Å². The Morgan fingerprint density at radius 3 is 2.65 bits per heavy atom. The van der Waals surface area contributed by atoms with E-state index in [2.05, 4.69) is 9.47 Å². The van der Waals surface area contributed by atoms with E-state index in [-0.39, 0.29) is 23.4 Å². The van der Waals surface area contributed by atoms with E-state index in [9.17, 15) is 19.7 Å². The maximum Gasteiger partial charge on any atom is 0.338 e. The van der Waals surface area contributed by atoms with Crippen molar-refractivity contribution in [2.45, 2.75) is 6.92 Å². The lowest BCUT2D eigenvalue weighted by atomic mass is 10.1. The number of nitro groups is 1. The molecule has 20 heavy (non-hydrogen) atoms. The topological polar surface area (TPSA) is 95.7 Å². The SMILES string of the molecule is CCOC(=O)C=Cc1ccc(C(=O)OC)cc1[N+](=O)[O-]. The van der Waals surface area contributed by atoms with E-state index in [1.807, 2.05) is 0 Å². The van der Waals surface area contributed by atoms with E-state index in [4.69, 9.17) is 0 Å². The lowest BCUT2D eigenvalue weighted by molar-refractivity contribution is -0.385. The second-order valence-corrected chi connectivity index (χ2v) is 3.61. The highest BCUT2D eigenvalue weighted by atomic mass is 16.6. The number of rotatable bonds is 5. The Morgan fingerprint density at radius 2 is 2.10 bits per heavy atom. The Balaban J connectivity index is 3.11. The molecule has 0 amide bonds. The van der Waals surface area contributed by atoms with Gasteiger partial charge in [0.1, 0.15) is 0 Å². The first-order valence-electron chi connectivity index (χ1n) is 5.71. The molecule has 7 nitrogen and oxygen atoms in total.